The van der Waals surface area contributed by atoms with Gasteiger partial charge >= 0.3 is 12.0 Å². The first-order valence-electron chi connectivity index (χ1n) is 6.54. The Labute approximate surface area is 133 Å². The zero-order valence-corrected chi connectivity index (χ0v) is 13.6. The number of amides is 2. The molecule has 0 aliphatic heterocycles. The lowest BCUT2D eigenvalue weighted by molar-refractivity contribution is -0.144. The predicted molar refractivity (Wildman–Crippen MR) is 84.3 cm³/mol. The summed E-state index contributed by atoms with van der Waals surface area (Å²) in [6.07, 6.45) is 0.531. The molecule has 0 spiro atoms. The fourth-order valence-electron chi connectivity index (χ4n) is 1.92. The Kier molecular flexibility index (Phi) is 5.87. The monoisotopic (exact) mass is 332 g/mol. The molecule has 5 nitrogen and oxygen atoms in total. The van der Waals surface area contributed by atoms with Gasteiger partial charge in [-0.25, -0.2) is 9.59 Å². The van der Waals surface area contributed by atoms with E-state index in [9.17, 15) is 14.7 Å². The molecule has 0 heterocycles. The predicted octanol–water partition coefficient (Wildman–Crippen LogP) is 4.07. The van der Waals surface area contributed by atoms with E-state index in [1.807, 2.05) is 0 Å². The van der Waals surface area contributed by atoms with Crippen molar-refractivity contribution in [1.82, 2.24) is 5.32 Å². The Balaban J connectivity index is 2.97. The molecular weight excluding hydrogens is 315 g/mol. The molecule has 1 aromatic carbocycles. The highest BCUT2D eigenvalue weighted by Crippen LogP contribution is 2.32. The van der Waals surface area contributed by atoms with Crippen LogP contribution in [0.1, 0.15) is 32.3 Å². The van der Waals surface area contributed by atoms with Crippen LogP contribution in [0.4, 0.5) is 10.5 Å². The van der Waals surface area contributed by atoms with Crippen LogP contribution in [0.2, 0.25) is 10.0 Å². The quantitative estimate of drug-likeness (QED) is 0.760. The Bertz CT molecular complexity index is 557. The van der Waals surface area contributed by atoms with Crippen LogP contribution >= 0.6 is 23.2 Å². The molecule has 0 aliphatic rings. The standard InChI is InChI=1S/C14H18Cl2N2O3/c1-4-14(5-2,12(19)20)18-13(21)17-11-9(15)7-6-8(3)10(11)16/h6-7H,4-5H2,1-3H3,(H,19,20)(H2,17,18,21). The second-order valence-corrected chi connectivity index (χ2v) is 5.51. The number of carbonyl (C=O) groups is 2. The number of urea groups is 1. The maximum absolute atomic E-state index is 12.1. The van der Waals surface area contributed by atoms with Gasteiger partial charge in [0.1, 0.15) is 5.54 Å². The van der Waals surface area contributed by atoms with E-state index in [2.05, 4.69) is 10.6 Å². The van der Waals surface area contributed by atoms with E-state index in [1.165, 1.54) is 0 Å². The van der Waals surface area contributed by atoms with Crippen molar-refractivity contribution in [2.24, 2.45) is 0 Å². The highest BCUT2D eigenvalue weighted by molar-refractivity contribution is 6.40. The molecule has 21 heavy (non-hydrogen) atoms. The summed E-state index contributed by atoms with van der Waals surface area (Å²) in [6.45, 7) is 5.18. The molecule has 2 amide bonds. The van der Waals surface area contributed by atoms with Crippen LogP contribution < -0.4 is 10.6 Å². The SMILES string of the molecule is CCC(CC)(NC(=O)Nc1c(Cl)ccc(C)c1Cl)C(=O)O. The summed E-state index contributed by atoms with van der Waals surface area (Å²) >= 11 is 12.1. The normalized spacial score (nSPS) is 11.1. The molecule has 1 aromatic rings. The van der Waals surface area contributed by atoms with E-state index < -0.39 is 17.5 Å². The fourth-order valence-corrected chi connectivity index (χ4v) is 2.38. The van der Waals surface area contributed by atoms with Crippen molar-refractivity contribution in [3.8, 4) is 0 Å². The molecule has 0 saturated heterocycles. The van der Waals surface area contributed by atoms with Crippen molar-refractivity contribution < 1.29 is 14.7 Å². The van der Waals surface area contributed by atoms with Crippen LogP contribution in [0.3, 0.4) is 0 Å². The van der Waals surface area contributed by atoms with Crippen LogP contribution in [0, 0.1) is 6.92 Å². The second-order valence-electron chi connectivity index (χ2n) is 4.73. The first kappa shape index (κ1) is 17.6. The molecular formula is C14H18Cl2N2O3. The van der Waals surface area contributed by atoms with Gasteiger partial charge in [0.25, 0.3) is 0 Å². The average molecular weight is 333 g/mol. The lowest BCUT2D eigenvalue weighted by Crippen LogP contribution is -2.55. The number of halogens is 2. The largest absolute Gasteiger partial charge is 0.480 e. The number of carbonyl (C=O) groups excluding carboxylic acids is 1. The van der Waals surface area contributed by atoms with Crippen molar-refractivity contribution >= 4 is 40.9 Å². The van der Waals surface area contributed by atoms with Crippen LogP contribution in [0.15, 0.2) is 12.1 Å². The van der Waals surface area contributed by atoms with Crippen LogP contribution in [0.5, 0.6) is 0 Å². The van der Waals surface area contributed by atoms with E-state index in [0.29, 0.717) is 5.02 Å². The van der Waals surface area contributed by atoms with Gasteiger partial charge in [-0.1, -0.05) is 43.1 Å². The minimum absolute atomic E-state index is 0.265. The molecule has 0 bridgehead atoms. The first-order valence-corrected chi connectivity index (χ1v) is 7.30. The zero-order valence-electron chi connectivity index (χ0n) is 12.1. The van der Waals surface area contributed by atoms with Gasteiger partial charge in [-0.2, -0.15) is 0 Å². The highest BCUT2D eigenvalue weighted by atomic mass is 35.5. The van der Waals surface area contributed by atoms with Gasteiger partial charge < -0.3 is 15.7 Å². The van der Waals surface area contributed by atoms with Gasteiger partial charge in [0, 0.05) is 0 Å². The summed E-state index contributed by atoms with van der Waals surface area (Å²) in [4.78, 5) is 23.4. The topological polar surface area (TPSA) is 78.4 Å². The third kappa shape index (κ3) is 3.80. The van der Waals surface area contributed by atoms with Gasteiger partial charge in [-0.3, -0.25) is 0 Å². The van der Waals surface area contributed by atoms with Crippen molar-refractivity contribution in [1.29, 1.82) is 0 Å². The molecule has 0 fully saturated rings. The summed E-state index contributed by atoms with van der Waals surface area (Å²) in [7, 11) is 0. The number of rotatable bonds is 5. The minimum atomic E-state index is -1.31. The molecule has 0 saturated carbocycles. The number of aliphatic carboxylic acids is 1. The van der Waals surface area contributed by atoms with E-state index in [0.717, 1.165) is 5.56 Å². The number of carboxylic acids is 1. The van der Waals surface area contributed by atoms with Crippen molar-refractivity contribution in [3.05, 3.63) is 27.7 Å². The summed E-state index contributed by atoms with van der Waals surface area (Å²) < 4.78 is 0. The molecule has 0 unspecified atom stereocenters. The number of carboxylic acid groups (broad SMARTS) is 1. The molecule has 0 radical (unpaired) electrons. The number of aryl methyl sites for hydroxylation is 1. The number of hydrogen-bond acceptors (Lipinski definition) is 2. The van der Waals surface area contributed by atoms with Crippen molar-refractivity contribution in [3.63, 3.8) is 0 Å². The molecule has 0 aliphatic carbocycles. The summed E-state index contributed by atoms with van der Waals surface area (Å²) in [5, 5.41) is 14.9. The Morgan fingerprint density at radius 3 is 2.29 bits per heavy atom. The Morgan fingerprint density at radius 2 is 1.81 bits per heavy atom. The van der Waals surface area contributed by atoms with E-state index in [-0.39, 0.29) is 23.6 Å². The van der Waals surface area contributed by atoms with Crippen LogP contribution in [-0.4, -0.2) is 22.6 Å². The van der Waals surface area contributed by atoms with Gasteiger partial charge in [0.05, 0.1) is 15.7 Å². The van der Waals surface area contributed by atoms with Gasteiger partial charge in [-0.15, -0.1) is 0 Å². The summed E-state index contributed by atoms with van der Waals surface area (Å²) in [5.41, 5.74) is -0.290. The Morgan fingerprint density at radius 1 is 1.24 bits per heavy atom. The van der Waals surface area contributed by atoms with Gasteiger partial charge in [-0.05, 0) is 31.4 Å². The minimum Gasteiger partial charge on any atom is -0.480 e. The fraction of sp³-hybridized carbons (Fsp3) is 0.429. The summed E-state index contributed by atoms with van der Waals surface area (Å²) in [6, 6.07) is 2.69. The summed E-state index contributed by atoms with van der Waals surface area (Å²) in [5.74, 6) is -1.08. The third-order valence-corrected chi connectivity index (χ3v) is 4.29. The molecule has 1 rings (SSSR count). The van der Waals surface area contributed by atoms with E-state index >= 15 is 0 Å². The molecule has 116 valence electrons. The molecule has 7 heteroatoms. The average Bonchev–Trinajstić information content (AvgIpc) is 2.45. The van der Waals surface area contributed by atoms with Crippen molar-refractivity contribution in [2.45, 2.75) is 39.2 Å². The number of anilines is 1. The zero-order chi connectivity index (χ0) is 16.2. The molecule has 0 aromatic heterocycles. The molecule has 3 N–H and O–H groups in total. The third-order valence-electron chi connectivity index (χ3n) is 3.49. The lowest BCUT2D eigenvalue weighted by Gasteiger charge is -2.28. The number of hydrogen-bond donors (Lipinski definition) is 3. The number of nitrogens with one attached hydrogen (secondary N) is 2. The van der Waals surface area contributed by atoms with Gasteiger partial charge in [0.2, 0.25) is 0 Å². The lowest BCUT2D eigenvalue weighted by atomic mass is 9.93. The molecule has 0 atom stereocenters. The number of benzene rings is 1. The maximum atomic E-state index is 12.1. The van der Waals surface area contributed by atoms with E-state index in [1.54, 1.807) is 32.9 Å². The first-order chi connectivity index (χ1) is 9.77. The maximum Gasteiger partial charge on any atom is 0.329 e. The van der Waals surface area contributed by atoms with Crippen LogP contribution in [-0.2, 0) is 4.79 Å². The second kappa shape index (κ2) is 7.00. The highest BCUT2D eigenvalue weighted by Gasteiger charge is 2.36. The van der Waals surface area contributed by atoms with Gasteiger partial charge in [0.15, 0.2) is 0 Å². The smallest absolute Gasteiger partial charge is 0.329 e. The van der Waals surface area contributed by atoms with Crippen molar-refractivity contribution in [2.75, 3.05) is 5.32 Å². The Hall–Kier alpha value is -1.46. The van der Waals surface area contributed by atoms with Crippen LogP contribution in [0.25, 0.3) is 0 Å². The van der Waals surface area contributed by atoms with E-state index in [4.69, 9.17) is 23.2 Å².